The highest BCUT2D eigenvalue weighted by molar-refractivity contribution is 6.52. The van der Waals surface area contributed by atoms with Gasteiger partial charge in [0.25, 0.3) is 11.7 Å². The molecule has 1 aliphatic rings. The average Bonchev–Trinajstić information content (AvgIpc) is 3.36. The Kier molecular flexibility index (Phi) is 5.71. The first-order chi connectivity index (χ1) is 15.5. The number of Topliss-reactive ketones (excluding diaryl/α,β-unsaturated/α-hetero) is 1. The van der Waals surface area contributed by atoms with Gasteiger partial charge in [-0.25, -0.2) is 0 Å². The van der Waals surface area contributed by atoms with Gasteiger partial charge in [0.1, 0.15) is 17.6 Å². The summed E-state index contributed by atoms with van der Waals surface area (Å²) in [6.07, 6.45) is 1.48. The summed E-state index contributed by atoms with van der Waals surface area (Å²) in [6.45, 7) is 9.92. The van der Waals surface area contributed by atoms with E-state index in [1.165, 1.54) is 11.2 Å². The monoisotopic (exact) mass is 463 g/mol. The molecule has 4 rings (SSSR count). The van der Waals surface area contributed by atoms with Crippen LogP contribution >= 0.6 is 11.6 Å². The maximum atomic E-state index is 13.3. The molecule has 2 heterocycles. The van der Waals surface area contributed by atoms with Crippen molar-refractivity contribution >= 4 is 34.7 Å². The van der Waals surface area contributed by atoms with E-state index in [1.54, 1.807) is 30.3 Å². The number of halogens is 1. The van der Waals surface area contributed by atoms with E-state index in [-0.39, 0.29) is 16.7 Å². The molecule has 1 atom stereocenters. The van der Waals surface area contributed by atoms with Crippen LogP contribution in [0, 0.1) is 13.8 Å². The number of ketones is 1. The minimum absolute atomic E-state index is 0.0107. The van der Waals surface area contributed by atoms with Gasteiger partial charge in [-0.3, -0.25) is 14.5 Å². The van der Waals surface area contributed by atoms with E-state index in [2.05, 4.69) is 20.8 Å². The predicted molar refractivity (Wildman–Crippen MR) is 130 cm³/mol. The van der Waals surface area contributed by atoms with Crippen LogP contribution in [-0.2, 0) is 15.0 Å². The second kappa shape index (κ2) is 8.23. The molecule has 3 aromatic rings. The van der Waals surface area contributed by atoms with Crippen LogP contribution in [-0.4, -0.2) is 16.8 Å². The lowest BCUT2D eigenvalue weighted by molar-refractivity contribution is -0.132. The molecule has 1 amide bonds. The molecule has 0 bridgehead atoms. The second-order valence-electron chi connectivity index (χ2n) is 9.40. The van der Waals surface area contributed by atoms with Crippen molar-refractivity contribution in [1.82, 2.24) is 0 Å². The number of hydrogen-bond acceptors (Lipinski definition) is 4. The van der Waals surface area contributed by atoms with E-state index in [0.717, 1.165) is 16.7 Å². The van der Waals surface area contributed by atoms with Crippen LogP contribution in [0.4, 0.5) is 5.69 Å². The summed E-state index contributed by atoms with van der Waals surface area (Å²) in [4.78, 5) is 28.0. The number of carbonyl (C=O) groups is 2. The van der Waals surface area contributed by atoms with Crippen LogP contribution in [0.5, 0.6) is 0 Å². The number of anilines is 1. The Bertz CT molecular complexity index is 1280. The molecule has 1 saturated heterocycles. The number of amides is 1. The SMILES string of the molecule is Cc1ccc(C(C)(C)C)cc1/C(O)=C1\C(=O)C(=O)N(c2cc(Cl)ccc2C)C1c1ccco1. The molecule has 0 radical (unpaired) electrons. The number of benzene rings is 2. The van der Waals surface area contributed by atoms with E-state index in [4.69, 9.17) is 16.0 Å². The zero-order valence-corrected chi connectivity index (χ0v) is 20.0. The zero-order valence-electron chi connectivity index (χ0n) is 19.3. The summed E-state index contributed by atoms with van der Waals surface area (Å²) in [5.41, 5.74) is 3.40. The van der Waals surface area contributed by atoms with Gasteiger partial charge in [0, 0.05) is 16.3 Å². The van der Waals surface area contributed by atoms with Crippen LogP contribution < -0.4 is 4.90 Å². The van der Waals surface area contributed by atoms with Gasteiger partial charge in [0.15, 0.2) is 0 Å². The molecule has 1 N–H and O–H groups in total. The third kappa shape index (κ3) is 3.98. The smallest absolute Gasteiger partial charge is 0.300 e. The minimum atomic E-state index is -0.921. The van der Waals surface area contributed by atoms with E-state index < -0.39 is 17.7 Å². The van der Waals surface area contributed by atoms with Gasteiger partial charge < -0.3 is 9.52 Å². The van der Waals surface area contributed by atoms with Crippen molar-refractivity contribution in [1.29, 1.82) is 0 Å². The van der Waals surface area contributed by atoms with Crippen LogP contribution in [0.3, 0.4) is 0 Å². The van der Waals surface area contributed by atoms with E-state index in [1.807, 2.05) is 32.0 Å². The van der Waals surface area contributed by atoms with Crippen molar-refractivity contribution in [2.75, 3.05) is 4.90 Å². The predicted octanol–water partition coefficient (Wildman–Crippen LogP) is 6.47. The molecule has 33 heavy (non-hydrogen) atoms. The summed E-state index contributed by atoms with van der Waals surface area (Å²) >= 11 is 6.22. The fraction of sp³-hybridized carbons (Fsp3) is 0.259. The third-order valence-corrected chi connectivity index (χ3v) is 6.28. The minimum Gasteiger partial charge on any atom is -0.507 e. The maximum absolute atomic E-state index is 13.3. The molecule has 0 aliphatic carbocycles. The van der Waals surface area contributed by atoms with Crippen LogP contribution in [0.2, 0.25) is 5.02 Å². The topological polar surface area (TPSA) is 70.8 Å². The quantitative estimate of drug-likeness (QED) is 0.274. The number of aliphatic hydroxyl groups is 1. The van der Waals surface area contributed by atoms with Gasteiger partial charge in [-0.2, -0.15) is 0 Å². The van der Waals surface area contributed by atoms with Crippen molar-refractivity contribution in [3.05, 3.63) is 93.4 Å². The van der Waals surface area contributed by atoms with Crippen LogP contribution in [0.15, 0.2) is 64.8 Å². The number of rotatable bonds is 3. The summed E-state index contributed by atoms with van der Waals surface area (Å²) in [5, 5.41) is 11.9. The highest BCUT2D eigenvalue weighted by Gasteiger charge is 2.48. The average molecular weight is 464 g/mol. The first-order valence-electron chi connectivity index (χ1n) is 10.7. The summed E-state index contributed by atoms with van der Waals surface area (Å²) < 4.78 is 5.64. The Morgan fingerprint density at radius 1 is 1.03 bits per heavy atom. The highest BCUT2D eigenvalue weighted by atomic mass is 35.5. The van der Waals surface area contributed by atoms with Gasteiger partial charge in [-0.1, -0.05) is 50.6 Å². The second-order valence-corrected chi connectivity index (χ2v) is 9.83. The van der Waals surface area contributed by atoms with Crippen molar-refractivity contribution in [2.24, 2.45) is 0 Å². The van der Waals surface area contributed by atoms with Gasteiger partial charge >= 0.3 is 0 Å². The molecule has 1 aliphatic heterocycles. The van der Waals surface area contributed by atoms with Gasteiger partial charge in [-0.05, 0) is 66.3 Å². The largest absolute Gasteiger partial charge is 0.507 e. The molecule has 6 heteroatoms. The maximum Gasteiger partial charge on any atom is 0.300 e. The highest BCUT2D eigenvalue weighted by Crippen LogP contribution is 2.44. The molecule has 170 valence electrons. The fourth-order valence-electron chi connectivity index (χ4n) is 4.13. The molecule has 5 nitrogen and oxygen atoms in total. The Morgan fingerprint density at radius 2 is 1.73 bits per heavy atom. The van der Waals surface area contributed by atoms with E-state index in [0.29, 0.717) is 22.0 Å². The van der Waals surface area contributed by atoms with Crippen molar-refractivity contribution in [3.63, 3.8) is 0 Å². The van der Waals surface area contributed by atoms with Crippen LogP contribution in [0.1, 0.15) is 54.8 Å². The normalized spacial score (nSPS) is 18.2. The number of carbonyl (C=O) groups excluding carboxylic acids is 2. The first-order valence-corrected chi connectivity index (χ1v) is 11.1. The molecule has 1 fully saturated rings. The molecular formula is C27H26ClNO4. The molecule has 1 aromatic heterocycles. The molecule has 0 saturated carbocycles. The standard InChI is InChI=1S/C27H26ClNO4/c1-15-8-10-17(27(3,4)5)13-19(15)24(30)22-23(21-7-6-12-33-21)29(26(32)25(22)31)20-14-18(28)11-9-16(20)2/h6-14,23,30H,1-5H3/b24-22+. The lowest BCUT2D eigenvalue weighted by Crippen LogP contribution is -2.30. The zero-order chi connectivity index (χ0) is 24.1. The van der Waals surface area contributed by atoms with Gasteiger partial charge in [-0.15, -0.1) is 0 Å². The van der Waals surface area contributed by atoms with Gasteiger partial charge in [0.05, 0.1) is 11.8 Å². The number of furan rings is 1. The lowest BCUT2D eigenvalue weighted by atomic mass is 9.84. The third-order valence-electron chi connectivity index (χ3n) is 6.05. The Morgan fingerprint density at radius 3 is 2.36 bits per heavy atom. The van der Waals surface area contributed by atoms with Crippen molar-refractivity contribution < 1.29 is 19.1 Å². The number of nitrogens with zero attached hydrogens (tertiary/aromatic N) is 1. The molecule has 1 unspecified atom stereocenters. The van der Waals surface area contributed by atoms with E-state index >= 15 is 0 Å². The van der Waals surface area contributed by atoms with Crippen molar-refractivity contribution in [2.45, 2.75) is 46.1 Å². The Balaban J connectivity index is 1.98. The van der Waals surface area contributed by atoms with Crippen molar-refractivity contribution in [3.8, 4) is 0 Å². The number of aryl methyl sites for hydroxylation is 2. The van der Waals surface area contributed by atoms with E-state index in [9.17, 15) is 14.7 Å². The first kappa shape index (κ1) is 22.9. The van der Waals surface area contributed by atoms with Gasteiger partial charge in [0.2, 0.25) is 0 Å². The molecule has 2 aromatic carbocycles. The molecular weight excluding hydrogens is 438 g/mol. The Hall–Kier alpha value is -3.31. The number of hydrogen-bond donors (Lipinski definition) is 1. The molecule has 0 spiro atoms. The van der Waals surface area contributed by atoms with Crippen LogP contribution in [0.25, 0.3) is 5.76 Å². The number of aliphatic hydroxyl groups excluding tert-OH is 1. The summed E-state index contributed by atoms with van der Waals surface area (Å²) in [5.74, 6) is -1.36. The summed E-state index contributed by atoms with van der Waals surface area (Å²) in [6, 6.07) is 13.4. The Labute approximate surface area is 198 Å². The lowest BCUT2D eigenvalue weighted by Gasteiger charge is -2.25. The summed E-state index contributed by atoms with van der Waals surface area (Å²) in [7, 11) is 0. The fourth-order valence-corrected chi connectivity index (χ4v) is 4.29.